The first kappa shape index (κ1) is 26.4. The highest BCUT2D eigenvalue weighted by molar-refractivity contribution is 5.71. The molecule has 0 atom stereocenters. The number of rotatable bonds is 10. The van der Waals surface area contributed by atoms with Crippen molar-refractivity contribution >= 4 is 22.7 Å². The van der Waals surface area contributed by atoms with Crippen molar-refractivity contribution in [3.05, 3.63) is 121 Å². The largest absolute Gasteiger partial charge is 0.409 e. The average molecular weight is 529 g/mol. The van der Waals surface area contributed by atoms with Crippen LogP contribution in [0.5, 0.6) is 11.5 Å². The van der Waals surface area contributed by atoms with Crippen molar-refractivity contribution in [3.63, 3.8) is 0 Å². The zero-order valence-electron chi connectivity index (χ0n) is 22.2. The van der Waals surface area contributed by atoms with Gasteiger partial charge in [0.25, 0.3) is 0 Å². The van der Waals surface area contributed by atoms with Gasteiger partial charge in [0.2, 0.25) is 0 Å². The van der Waals surface area contributed by atoms with Gasteiger partial charge in [-0.25, -0.2) is 0 Å². The first-order valence-electron chi connectivity index (χ1n) is 12.7. The van der Waals surface area contributed by atoms with E-state index in [2.05, 4.69) is 55.7 Å². The van der Waals surface area contributed by atoms with Gasteiger partial charge in [0.15, 0.2) is 0 Å². The van der Waals surface area contributed by atoms with Crippen LogP contribution in [0.1, 0.15) is 0 Å². The fraction of sp³-hybridized carbons (Fsp3) is 0.0625. The molecule has 0 aliphatic rings. The third kappa shape index (κ3) is 7.02. The van der Waals surface area contributed by atoms with Crippen molar-refractivity contribution < 1.29 is 9.68 Å². The topological polar surface area (TPSA) is 92.0 Å². The Bertz CT molecular complexity index is 1440. The van der Waals surface area contributed by atoms with Crippen LogP contribution in [0.4, 0.5) is 22.7 Å². The summed E-state index contributed by atoms with van der Waals surface area (Å²) >= 11 is 0. The molecule has 0 radical (unpaired) electrons. The van der Waals surface area contributed by atoms with Crippen molar-refractivity contribution in [1.82, 2.24) is 11.0 Å². The van der Waals surface area contributed by atoms with E-state index in [1.54, 1.807) is 14.1 Å². The van der Waals surface area contributed by atoms with Gasteiger partial charge in [-0.3, -0.25) is 0 Å². The number of hydrogen-bond donors (Lipinski definition) is 2. The van der Waals surface area contributed by atoms with E-state index in [1.165, 1.54) is 0 Å². The molecule has 0 aromatic heterocycles. The molecule has 40 heavy (non-hydrogen) atoms. The maximum absolute atomic E-state index is 5.21. The number of hydrogen-bond acceptors (Lipinski definition) is 8. The quantitative estimate of drug-likeness (QED) is 0.140. The first-order chi connectivity index (χ1) is 19.7. The summed E-state index contributed by atoms with van der Waals surface area (Å²) in [5.41, 5.74) is 12.8. The monoisotopic (exact) mass is 528 g/mol. The smallest absolute Gasteiger partial charge is 0.147 e. The predicted octanol–water partition coefficient (Wildman–Crippen LogP) is 8.88. The van der Waals surface area contributed by atoms with Crippen molar-refractivity contribution in [2.45, 2.75) is 0 Å². The molecule has 0 saturated heterocycles. The Balaban J connectivity index is 1.19. The molecular formula is C32H28N6O2. The Morgan fingerprint density at radius 3 is 0.825 bits per heavy atom. The second kappa shape index (κ2) is 13.1. The fourth-order valence-corrected chi connectivity index (χ4v) is 3.92. The molecule has 0 spiro atoms. The fourth-order valence-electron chi connectivity index (χ4n) is 3.92. The molecule has 5 aromatic carbocycles. The van der Waals surface area contributed by atoms with Crippen molar-refractivity contribution in [1.29, 1.82) is 0 Å². The standard InChI is InChI=1S/C32H28N6O2/c1-33-39-31-19-15-29(16-20-31)37-35-27-11-7-25(8-12-27)23-3-5-24(6-4-23)26-9-13-28(14-10-26)36-38-30-17-21-32(22-18-30)40-34-2/h3-22,33-34H,1-2H3/b37-35+,38-36+. The maximum atomic E-state index is 5.21. The summed E-state index contributed by atoms with van der Waals surface area (Å²) in [6.45, 7) is 0. The summed E-state index contributed by atoms with van der Waals surface area (Å²) in [5.74, 6) is 1.43. The molecular weight excluding hydrogens is 500 g/mol. The number of benzene rings is 5. The summed E-state index contributed by atoms with van der Waals surface area (Å²) in [4.78, 5) is 10.4. The van der Waals surface area contributed by atoms with Crippen molar-refractivity contribution in [3.8, 4) is 33.8 Å². The molecule has 8 heteroatoms. The van der Waals surface area contributed by atoms with Crippen LogP contribution < -0.4 is 20.6 Å². The van der Waals surface area contributed by atoms with Gasteiger partial charge in [0.1, 0.15) is 11.5 Å². The summed E-state index contributed by atoms with van der Waals surface area (Å²) in [5, 5.41) is 17.3. The van der Waals surface area contributed by atoms with E-state index >= 15 is 0 Å². The number of nitrogens with one attached hydrogen (secondary N) is 2. The zero-order chi connectivity index (χ0) is 27.6. The summed E-state index contributed by atoms with van der Waals surface area (Å²) in [6, 6.07) is 39.3. The van der Waals surface area contributed by atoms with Crippen molar-refractivity contribution in [2.24, 2.45) is 20.5 Å². The molecule has 0 fully saturated rings. The lowest BCUT2D eigenvalue weighted by Gasteiger charge is -2.06. The van der Waals surface area contributed by atoms with Gasteiger partial charge in [-0.15, -0.1) is 0 Å². The van der Waals surface area contributed by atoms with Gasteiger partial charge in [-0.05, 0) is 95.1 Å². The van der Waals surface area contributed by atoms with Gasteiger partial charge in [-0.1, -0.05) is 48.5 Å². The SMILES string of the molecule is CNOc1ccc(/N=N/c2ccc(-c3ccc(-c4ccc(/N=N/c5ccc(ONC)cc5)cc4)cc3)cc2)cc1. The molecule has 0 aliphatic carbocycles. The minimum absolute atomic E-state index is 0.717. The second-order valence-electron chi connectivity index (χ2n) is 8.67. The third-order valence-corrected chi connectivity index (χ3v) is 5.96. The summed E-state index contributed by atoms with van der Waals surface area (Å²) in [7, 11) is 3.43. The molecule has 2 N–H and O–H groups in total. The Labute approximate surface area is 233 Å². The average Bonchev–Trinajstić information content (AvgIpc) is 3.01. The second-order valence-corrected chi connectivity index (χ2v) is 8.67. The molecule has 0 amide bonds. The zero-order valence-corrected chi connectivity index (χ0v) is 22.2. The highest BCUT2D eigenvalue weighted by Gasteiger charge is 2.02. The van der Waals surface area contributed by atoms with E-state index in [0.29, 0.717) is 0 Å². The highest BCUT2D eigenvalue weighted by Crippen LogP contribution is 2.29. The minimum Gasteiger partial charge on any atom is -0.409 e. The molecule has 0 aliphatic heterocycles. The van der Waals surface area contributed by atoms with E-state index in [4.69, 9.17) is 9.68 Å². The summed E-state index contributed by atoms with van der Waals surface area (Å²) in [6.07, 6.45) is 0. The lowest BCUT2D eigenvalue weighted by Crippen LogP contribution is -2.10. The molecule has 5 aromatic rings. The molecule has 5 rings (SSSR count). The molecule has 198 valence electrons. The Hall–Kier alpha value is -5.18. The Morgan fingerprint density at radius 1 is 0.350 bits per heavy atom. The van der Waals surface area contributed by atoms with E-state index in [9.17, 15) is 0 Å². The van der Waals surface area contributed by atoms with E-state index in [1.807, 2.05) is 97.1 Å². The van der Waals surface area contributed by atoms with Crippen LogP contribution >= 0.6 is 0 Å². The van der Waals surface area contributed by atoms with E-state index < -0.39 is 0 Å². The number of azo groups is 2. The van der Waals surface area contributed by atoms with Crippen LogP contribution in [0.15, 0.2) is 142 Å². The van der Waals surface area contributed by atoms with Crippen LogP contribution in [0.3, 0.4) is 0 Å². The molecule has 0 heterocycles. The van der Waals surface area contributed by atoms with Gasteiger partial charge in [-0.2, -0.15) is 31.4 Å². The first-order valence-corrected chi connectivity index (χ1v) is 12.7. The highest BCUT2D eigenvalue weighted by atomic mass is 16.6. The van der Waals surface area contributed by atoms with Crippen LogP contribution in [-0.2, 0) is 0 Å². The maximum Gasteiger partial charge on any atom is 0.147 e. The Morgan fingerprint density at radius 2 is 0.575 bits per heavy atom. The molecule has 0 unspecified atom stereocenters. The van der Waals surface area contributed by atoms with Crippen molar-refractivity contribution in [2.75, 3.05) is 14.1 Å². The number of nitrogens with zero attached hydrogens (tertiary/aromatic N) is 4. The molecule has 0 saturated carbocycles. The van der Waals surface area contributed by atoms with Crippen LogP contribution in [-0.4, -0.2) is 14.1 Å². The predicted molar refractivity (Wildman–Crippen MR) is 158 cm³/mol. The minimum atomic E-state index is 0.717. The van der Waals surface area contributed by atoms with E-state index in [-0.39, 0.29) is 0 Å². The lowest BCUT2D eigenvalue weighted by atomic mass is 10.00. The molecule has 0 bridgehead atoms. The Kier molecular flexibility index (Phi) is 8.63. The van der Waals surface area contributed by atoms with Gasteiger partial charge in [0.05, 0.1) is 22.7 Å². The normalized spacial score (nSPS) is 11.2. The van der Waals surface area contributed by atoms with E-state index in [0.717, 1.165) is 56.5 Å². The lowest BCUT2D eigenvalue weighted by molar-refractivity contribution is 0.224. The van der Waals surface area contributed by atoms with Crippen LogP contribution in [0.2, 0.25) is 0 Å². The molecule has 8 nitrogen and oxygen atoms in total. The third-order valence-electron chi connectivity index (χ3n) is 5.96. The van der Waals surface area contributed by atoms with Gasteiger partial charge < -0.3 is 9.68 Å². The van der Waals surface area contributed by atoms with Gasteiger partial charge in [0, 0.05) is 14.1 Å². The van der Waals surface area contributed by atoms with Crippen LogP contribution in [0.25, 0.3) is 22.3 Å². The number of hydroxylamine groups is 2. The van der Waals surface area contributed by atoms with Gasteiger partial charge >= 0.3 is 0 Å². The summed E-state index contributed by atoms with van der Waals surface area (Å²) < 4.78 is 0. The van der Waals surface area contributed by atoms with Crippen LogP contribution in [0, 0.1) is 0 Å².